The molecule has 26 heavy (non-hydrogen) atoms. The normalized spacial score (nSPS) is 16.4. The lowest BCUT2D eigenvalue weighted by molar-refractivity contribution is -0.116. The van der Waals surface area contributed by atoms with E-state index in [-0.39, 0.29) is 18.4 Å². The number of cyclic esters (lactones) is 1. The summed E-state index contributed by atoms with van der Waals surface area (Å²) in [4.78, 5) is 29.1. The lowest BCUT2D eigenvalue weighted by Crippen LogP contribution is -2.31. The first-order valence-electron chi connectivity index (χ1n) is 8.81. The Morgan fingerprint density at radius 3 is 2.96 bits per heavy atom. The first-order valence-corrected chi connectivity index (χ1v) is 9.69. The zero-order valence-electron chi connectivity index (χ0n) is 14.4. The Labute approximate surface area is 156 Å². The predicted octanol–water partition coefficient (Wildman–Crippen LogP) is 3.09. The Morgan fingerprint density at radius 2 is 2.12 bits per heavy atom. The zero-order valence-corrected chi connectivity index (χ0v) is 15.3. The SMILES string of the molecule is O=C(CCN1CCOC1=O)Nc1ccccc1N1CCc2sccc2C1. The van der Waals surface area contributed by atoms with Crippen molar-refractivity contribution in [2.24, 2.45) is 0 Å². The van der Waals surface area contributed by atoms with Crippen LogP contribution in [0.2, 0.25) is 0 Å². The van der Waals surface area contributed by atoms with Crippen LogP contribution < -0.4 is 10.2 Å². The number of hydrogen-bond donors (Lipinski definition) is 1. The predicted molar refractivity (Wildman–Crippen MR) is 102 cm³/mol. The van der Waals surface area contributed by atoms with Gasteiger partial charge in [-0.05, 0) is 35.6 Å². The van der Waals surface area contributed by atoms with Crippen LogP contribution in [0, 0.1) is 0 Å². The van der Waals surface area contributed by atoms with E-state index in [1.807, 2.05) is 35.6 Å². The molecular weight excluding hydrogens is 350 g/mol. The summed E-state index contributed by atoms with van der Waals surface area (Å²) in [7, 11) is 0. The monoisotopic (exact) mass is 371 g/mol. The summed E-state index contributed by atoms with van der Waals surface area (Å²) in [5.74, 6) is -0.0922. The summed E-state index contributed by atoms with van der Waals surface area (Å²) in [6.07, 6.45) is 0.961. The van der Waals surface area contributed by atoms with Crippen molar-refractivity contribution >= 4 is 34.7 Å². The summed E-state index contributed by atoms with van der Waals surface area (Å²) in [5, 5.41) is 5.15. The van der Waals surface area contributed by atoms with Crippen LogP contribution in [-0.4, -0.2) is 43.1 Å². The number of nitrogens with zero attached hydrogens (tertiary/aromatic N) is 2. The van der Waals surface area contributed by atoms with Crippen molar-refractivity contribution in [2.45, 2.75) is 19.4 Å². The van der Waals surface area contributed by atoms with Gasteiger partial charge < -0.3 is 19.9 Å². The number of nitrogens with one attached hydrogen (secondary N) is 1. The van der Waals surface area contributed by atoms with Gasteiger partial charge in [0.2, 0.25) is 5.91 Å². The van der Waals surface area contributed by atoms with Gasteiger partial charge in [0.1, 0.15) is 6.61 Å². The maximum atomic E-state index is 12.4. The Morgan fingerprint density at radius 1 is 1.23 bits per heavy atom. The van der Waals surface area contributed by atoms with Gasteiger partial charge in [-0.2, -0.15) is 0 Å². The molecule has 4 rings (SSSR count). The molecule has 0 bridgehead atoms. The highest BCUT2D eigenvalue weighted by atomic mass is 32.1. The van der Waals surface area contributed by atoms with E-state index in [0.29, 0.717) is 19.7 Å². The van der Waals surface area contributed by atoms with E-state index in [1.54, 1.807) is 4.90 Å². The van der Waals surface area contributed by atoms with Crippen molar-refractivity contribution in [2.75, 3.05) is 36.5 Å². The quantitative estimate of drug-likeness (QED) is 0.877. The van der Waals surface area contributed by atoms with Crippen molar-refractivity contribution in [3.8, 4) is 0 Å². The molecule has 2 aliphatic heterocycles. The number of para-hydroxylation sites is 2. The maximum absolute atomic E-state index is 12.4. The number of anilines is 2. The van der Waals surface area contributed by atoms with Gasteiger partial charge in [-0.1, -0.05) is 12.1 Å². The lowest BCUT2D eigenvalue weighted by Gasteiger charge is -2.30. The second-order valence-corrected chi connectivity index (χ2v) is 7.46. The fraction of sp³-hybridized carbons (Fsp3) is 0.368. The number of benzene rings is 1. The summed E-state index contributed by atoms with van der Waals surface area (Å²) in [6.45, 7) is 3.16. The molecule has 2 aliphatic rings. The highest BCUT2D eigenvalue weighted by molar-refractivity contribution is 7.10. The number of carbonyl (C=O) groups excluding carboxylic acids is 2. The average molecular weight is 371 g/mol. The molecule has 0 spiro atoms. The maximum Gasteiger partial charge on any atom is 0.409 e. The van der Waals surface area contributed by atoms with Crippen LogP contribution in [0.1, 0.15) is 16.9 Å². The third kappa shape index (κ3) is 3.53. The van der Waals surface area contributed by atoms with Gasteiger partial charge in [-0.25, -0.2) is 4.79 Å². The minimum atomic E-state index is -0.335. The van der Waals surface area contributed by atoms with E-state index in [1.165, 1.54) is 10.4 Å². The fourth-order valence-corrected chi connectivity index (χ4v) is 4.28. The zero-order chi connectivity index (χ0) is 17.9. The average Bonchev–Trinajstić information content (AvgIpc) is 3.28. The Kier molecular flexibility index (Phi) is 4.79. The Hall–Kier alpha value is -2.54. The number of fused-ring (bicyclic) bond motifs is 1. The van der Waals surface area contributed by atoms with Crippen molar-refractivity contribution in [3.05, 3.63) is 46.2 Å². The van der Waals surface area contributed by atoms with Crippen LogP contribution in [-0.2, 0) is 22.5 Å². The van der Waals surface area contributed by atoms with Crippen molar-refractivity contribution in [1.82, 2.24) is 4.90 Å². The molecule has 1 N–H and O–H groups in total. The summed E-state index contributed by atoms with van der Waals surface area (Å²) in [6, 6.07) is 10.1. The molecule has 6 nitrogen and oxygen atoms in total. The molecule has 2 aromatic rings. The minimum Gasteiger partial charge on any atom is -0.448 e. The minimum absolute atomic E-state index is 0.0922. The third-order valence-corrected chi connectivity index (χ3v) is 5.80. The highest BCUT2D eigenvalue weighted by Crippen LogP contribution is 2.32. The van der Waals surface area contributed by atoms with Gasteiger partial charge in [-0.3, -0.25) is 4.79 Å². The van der Waals surface area contributed by atoms with Gasteiger partial charge in [0, 0.05) is 30.9 Å². The molecule has 7 heteroatoms. The second-order valence-electron chi connectivity index (χ2n) is 6.46. The lowest BCUT2D eigenvalue weighted by atomic mass is 10.1. The summed E-state index contributed by atoms with van der Waals surface area (Å²) in [5.41, 5.74) is 3.23. The summed E-state index contributed by atoms with van der Waals surface area (Å²) >= 11 is 1.82. The third-order valence-electron chi connectivity index (χ3n) is 4.78. The van der Waals surface area contributed by atoms with Crippen LogP contribution in [0.3, 0.4) is 0 Å². The second kappa shape index (κ2) is 7.37. The van der Waals surface area contributed by atoms with Gasteiger partial charge in [0.25, 0.3) is 0 Å². The highest BCUT2D eigenvalue weighted by Gasteiger charge is 2.23. The molecule has 0 atom stereocenters. The van der Waals surface area contributed by atoms with E-state index >= 15 is 0 Å². The van der Waals surface area contributed by atoms with Crippen LogP contribution in [0.5, 0.6) is 0 Å². The molecule has 1 aromatic carbocycles. The first-order chi connectivity index (χ1) is 12.7. The fourth-order valence-electron chi connectivity index (χ4n) is 3.39. The molecule has 136 valence electrons. The largest absolute Gasteiger partial charge is 0.448 e. The van der Waals surface area contributed by atoms with Crippen molar-refractivity contribution < 1.29 is 14.3 Å². The smallest absolute Gasteiger partial charge is 0.409 e. The topological polar surface area (TPSA) is 61.9 Å². The molecule has 1 aromatic heterocycles. The van der Waals surface area contributed by atoms with E-state index in [0.717, 1.165) is 30.9 Å². The van der Waals surface area contributed by atoms with Gasteiger partial charge in [0.05, 0.1) is 17.9 Å². The number of ether oxygens (including phenoxy) is 1. The molecule has 3 heterocycles. The van der Waals surface area contributed by atoms with Crippen LogP contribution in [0.25, 0.3) is 0 Å². The van der Waals surface area contributed by atoms with Crippen molar-refractivity contribution in [1.29, 1.82) is 0 Å². The molecule has 2 amide bonds. The van der Waals surface area contributed by atoms with Crippen LogP contribution in [0.4, 0.5) is 16.2 Å². The number of amides is 2. The molecule has 1 fully saturated rings. The standard InChI is InChI=1S/C19H21N3O3S/c23-18(6-9-21-10-11-25-19(21)24)20-15-3-1-2-4-16(15)22-8-5-17-14(13-22)7-12-26-17/h1-4,7,12H,5-6,8-11,13H2,(H,20,23). The number of hydrogen-bond acceptors (Lipinski definition) is 5. The molecule has 1 saturated heterocycles. The van der Waals surface area contributed by atoms with Gasteiger partial charge in [0.15, 0.2) is 0 Å². The number of carbonyl (C=O) groups is 2. The Balaban J connectivity index is 1.41. The molecule has 0 unspecified atom stereocenters. The number of thiophene rings is 1. The van der Waals surface area contributed by atoms with Crippen LogP contribution in [0.15, 0.2) is 35.7 Å². The Bertz CT molecular complexity index is 820. The molecule has 0 aliphatic carbocycles. The van der Waals surface area contributed by atoms with E-state index in [4.69, 9.17) is 4.74 Å². The molecular formula is C19H21N3O3S. The first kappa shape index (κ1) is 16.9. The van der Waals surface area contributed by atoms with Gasteiger partial charge in [-0.15, -0.1) is 11.3 Å². The van der Waals surface area contributed by atoms with Crippen molar-refractivity contribution in [3.63, 3.8) is 0 Å². The van der Waals surface area contributed by atoms with Crippen LogP contribution >= 0.6 is 11.3 Å². The molecule has 0 radical (unpaired) electrons. The van der Waals surface area contributed by atoms with Gasteiger partial charge >= 0.3 is 6.09 Å². The van der Waals surface area contributed by atoms with E-state index < -0.39 is 0 Å². The van der Waals surface area contributed by atoms with E-state index in [9.17, 15) is 9.59 Å². The number of rotatable bonds is 5. The summed E-state index contributed by atoms with van der Waals surface area (Å²) < 4.78 is 4.89. The molecule has 0 saturated carbocycles. The van der Waals surface area contributed by atoms with E-state index in [2.05, 4.69) is 21.7 Å².